The third-order valence-electron chi connectivity index (χ3n) is 6.98. The van der Waals surface area contributed by atoms with Crippen LogP contribution in [0.5, 0.6) is 0 Å². The van der Waals surface area contributed by atoms with Gasteiger partial charge in [0.1, 0.15) is 0 Å². The molecule has 0 amide bonds. The van der Waals surface area contributed by atoms with Crippen molar-refractivity contribution in [1.82, 2.24) is 33.4 Å². The summed E-state index contributed by atoms with van der Waals surface area (Å²) in [6.45, 7) is 5.64. The molecule has 1 aliphatic rings. The number of benzene rings is 2. The first-order valence-corrected chi connectivity index (χ1v) is 13.8. The molecule has 12 heteroatoms. The Morgan fingerprint density at radius 2 is 1.92 bits per heavy atom. The van der Waals surface area contributed by atoms with Crippen LogP contribution in [-0.4, -0.2) is 82.0 Å². The van der Waals surface area contributed by atoms with Crippen LogP contribution in [-0.2, 0) is 29.1 Å². The number of nitrogens with one attached hydrogen (secondary N) is 1. The molecule has 1 atom stereocenters. The standard InChI is InChI=1S/C27H30N8O3S/c1-32(39(36)37)18-20-4-2-3-5-23(20)25-9-7-22-17-28-27(31-35(22)25)30-21-6-8-26-24(16-21)29-19-34(26)11-10-33-12-14-38-15-13-33/h2-9,16-17,19H,10-15,18H2,1H3,(H,30,31)(H,36,37)/p-1. The van der Waals surface area contributed by atoms with Gasteiger partial charge in [0.05, 0.1) is 48.0 Å². The van der Waals surface area contributed by atoms with Gasteiger partial charge < -0.3 is 19.2 Å². The Hall–Kier alpha value is -3.68. The van der Waals surface area contributed by atoms with Crippen LogP contribution in [0.25, 0.3) is 27.8 Å². The highest BCUT2D eigenvalue weighted by Crippen LogP contribution is 2.27. The molecule has 3 aromatic heterocycles. The Kier molecular flexibility index (Phi) is 7.35. The average Bonchev–Trinajstić information content (AvgIpc) is 3.56. The highest BCUT2D eigenvalue weighted by Gasteiger charge is 2.14. The molecular formula is C27H29N8O3S-. The van der Waals surface area contributed by atoms with Gasteiger partial charge in [0, 0.05) is 55.2 Å². The van der Waals surface area contributed by atoms with Crippen LogP contribution in [0.4, 0.5) is 11.6 Å². The van der Waals surface area contributed by atoms with E-state index in [-0.39, 0.29) is 6.54 Å². The Balaban J connectivity index is 1.23. The molecule has 0 spiro atoms. The molecule has 39 heavy (non-hydrogen) atoms. The van der Waals surface area contributed by atoms with Crippen LogP contribution in [0.3, 0.4) is 0 Å². The zero-order valence-corrected chi connectivity index (χ0v) is 22.4. The number of fused-ring (bicyclic) bond motifs is 2. The second-order valence-electron chi connectivity index (χ2n) is 9.52. The van der Waals surface area contributed by atoms with Gasteiger partial charge >= 0.3 is 0 Å². The molecule has 6 rings (SSSR count). The second-order valence-corrected chi connectivity index (χ2v) is 10.6. The molecule has 2 aromatic carbocycles. The summed E-state index contributed by atoms with van der Waals surface area (Å²) >= 11 is -2.30. The first-order valence-electron chi connectivity index (χ1n) is 12.8. The van der Waals surface area contributed by atoms with E-state index in [1.54, 1.807) is 13.2 Å². The number of hydrogen-bond acceptors (Lipinski definition) is 8. The fourth-order valence-corrected chi connectivity index (χ4v) is 5.13. The Bertz CT molecular complexity index is 1630. The lowest BCUT2D eigenvalue weighted by Crippen LogP contribution is -2.38. The maximum absolute atomic E-state index is 11.4. The molecule has 4 heterocycles. The predicted octanol–water partition coefficient (Wildman–Crippen LogP) is 3.05. The lowest BCUT2D eigenvalue weighted by molar-refractivity contribution is 0.0365. The molecule has 1 fully saturated rings. The number of anilines is 2. The summed E-state index contributed by atoms with van der Waals surface area (Å²) in [6.07, 6.45) is 3.65. The summed E-state index contributed by atoms with van der Waals surface area (Å²) in [4.78, 5) is 11.5. The molecule has 11 nitrogen and oxygen atoms in total. The SMILES string of the molecule is CN(Cc1ccccc1-c1ccc2cnc(Nc3ccc4c(c3)ncn4CCN3CCOCC3)nn12)S(=O)[O-]. The molecule has 1 N–H and O–H groups in total. The van der Waals surface area contributed by atoms with Crippen LogP contribution in [0.2, 0.25) is 0 Å². The van der Waals surface area contributed by atoms with Crippen molar-refractivity contribution < 1.29 is 13.5 Å². The monoisotopic (exact) mass is 545 g/mol. The quantitative estimate of drug-likeness (QED) is 0.281. The zero-order valence-electron chi connectivity index (χ0n) is 21.6. The fourth-order valence-electron chi connectivity index (χ4n) is 4.89. The lowest BCUT2D eigenvalue weighted by atomic mass is 10.0. The van der Waals surface area contributed by atoms with Crippen molar-refractivity contribution in [3.05, 3.63) is 72.7 Å². The number of morpholine rings is 1. The van der Waals surface area contributed by atoms with E-state index >= 15 is 0 Å². The maximum Gasteiger partial charge on any atom is 0.245 e. The van der Waals surface area contributed by atoms with Gasteiger partial charge in [-0.3, -0.25) is 9.11 Å². The van der Waals surface area contributed by atoms with Gasteiger partial charge in [-0.25, -0.2) is 18.8 Å². The smallest absolute Gasteiger partial charge is 0.245 e. The van der Waals surface area contributed by atoms with E-state index in [1.807, 2.05) is 59.4 Å². The van der Waals surface area contributed by atoms with E-state index < -0.39 is 11.3 Å². The molecule has 1 unspecified atom stereocenters. The van der Waals surface area contributed by atoms with Crippen molar-refractivity contribution in [3.8, 4) is 11.3 Å². The van der Waals surface area contributed by atoms with Gasteiger partial charge in [-0.1, -0.05) is 24.3 Å². The van der Waals surface area contributed by atoms with Gasteiger partial charge in [0.15, 0.2) is 0 Å². The topological polar surface area (TPSA) is 116 Å². The average molecular weight is 546 g/mol. The second kappa shape index (κ2) is 11.2. The van der Waals surface area contributed by atoms with E-state index in [0.717, 1.165) is 78.5 Å². The van der Waals surface area contributed by atoms with Crippen molar-refractivity contribution >= 4 is 39.5 Å². The van der Waals surface area contributed by atoms with E-state index in [2.05, 4.69) is 30.8 Å². The molecule has 0 radical (unpaired) electrons. The Labute approximate surface area is 228 Å². The van der Waals surface area contributed by atoms with Crippen LogP contribution in [0.15, 0.2) is 67.1 Å². The number of imidazole rings is 1. The predicted molar refractivity (Wildman–Crippen MR) is 149 cm³/mol. The molecular weight excluding hydrogens is 516 g/mol. The number of rotatable bonds is 9. The van der Waals surface area contributed by atoms with Crippen LogP contribution >= 0.6 is 0 Å². The van der Waals surface area contributed by atoms with E-state index in [0.29, 0.717) is 5.95 Å². The van der Waals surface area contributed by atoms with Crippen LogP contribution in [0, 0.1) is 0 Å². The van der Waals surface area contributed by atoms with Gasteiger partial charge in [0.2, 0.25) is 5.95 Å². The number of hydrogen-bond donors (Lipinski definition) is 1. The summed E-state index contributed by atoms with van der Waals surface area (Å²) in [7, 11) is 1.55. The molecule has 202 valence electrons. The minimum absolute atomic E-state index is 0.259. The van der Waals surface area contributed by atoms with Crippen molar-refractivity contribution in [2.45, 2.75) is 13.1 Å². The summed E-state index contributed by atoms with van der Waals surface area (Å²) in [5, 5.41) is 8.05. The maximum atomic E-state index is 11.4. The fraction of sp³-hybridized carbons (Fsp3) is 0.296. The van der Waals surface area contributed by atoms with Gasteiger partial charge in [-0.05, 0) is 42.9 Å². The Morgan fingerprint density at radius 1 is 1.08 bits per heavy atom. The first-order chi connectivity index (χ1) is 19.0. The summed E-state index contributed by atoms with van der Waals surface area (Å²) in [5.74, 6) is 0.446. The van der Waals surface area contributed by atoms with Crippen LogP contribution in [0.1, 0.15) is 5.56 Å². The summed E-state index contributed by atoms with van der Waals surface area (Å²) in [5.41, 5.74) is 6.30. The minimum Gasteiger partial charge on any atom is -0.760 e. The van der Waals surface area contributed by atoms with Crippen LogP contribution < -0.4 is 5.32 Å². The number of ether oxygens (including phenoxy) is 1. The highest BCUT2D eigenvalue weighted by molar-refractivity contribution is 7.76. The number of aromatic nitrogens is 5. The third kappa shape index (κ3) is 5.56. The van der Waals surface area contributed by atoms with Gasteiger partial charge in [0.25, 0.3) is 0 Å². The molecule has 5 aromatic rings. The largest absolute Gasteiger partial charge is 0.760 e. The minimum atomic E-state index is -2.30. The normalized spacial score (nSPS) is 15.4. The van der Waals surface area contributed by atoms with E-state index in [4.69, 9.17) is 9.84 Å². The summed E-state index contributed by atoms with van der Waals surface area (Å²) in [6, 6.07) is 17.7. The first kappa shape index (κ1) is 25.6. The van der Waals surface area contributed by atoms with Crippen molar-refractivity contribution in [1.29, 1.82) is 0 Å². The van der Waals surface area contributed by atoms with Crippen molar-refractivity contribution in [3.63, 3.8) is 0 Å². The zero-order chi connectivity index (χ0) is 26.8. The van der Waals surface area contributed by atoms with Gasteiger partial charge in [-0.2, -0.15) is 0 Å². The Morgan fingerprint density at radius 3 is 2.77 bits per heavy atom. The van der Waals surface area contributed by atoms with Crippen molar-refractivity contribution in [2.75, 3.05) is 45.2 Å². The molecule has 0 aliphatic carbocycles. The molecule has 0 bridgehead atoms. The third-order valence-corrected chi connectivity index (χ3v) is 7.62. The molecule has 0 saturated carbocycles. The van der Waals surface area contributed by atoms with Gasteiger partial charge in [-0.15, -0.1) is 5.10 Å². The van der Waals surface area contributed by atoms with E-state index in [9.17, 15) is 8.76 Å². The molecule has 1 aliphatic heterocycles. The van der Waals surface area contributed by atoms with E-state index in [1.165, 1.54) is 4.31 Å². The highest BCUT2D eigenvalue weighted by atomic mass is 32.2. The molecule has 1 saturated heterocycles. The summed E-state index contributed by atoms with van der Waals surface area (Å²) < 4.78 is 33.5. The van der Waals surface area contributed by atoms with Crippen molar-refractivity contribution in [2.24, 2.45) is 0 Å². The number of nitrogens with zero attached hydrogens (tertiary/aromatic N) is 7. The lowest BCUT2D eigenvalue weighted by Gasteiger charge is -2.26.